The van der Waals surface area contributed by atoms with Crippen LogP contribution in [0.1, 0.15) is 89.1 Å². The molecule has 2 heterocycles. The van der Waals surface area contributed by atoms with Gasteiger partial charge in [0.15, 0.2) is 11.5 Å². The van der Waals surface area contributed by atoms with Crippen LogP contribution in [0.5, 0.6) is 0 Å². The standard InChI is InChI=1S/C41H45N3O4S/c1-6-9-20-43(21-10-7-2)30-15-12-27(13-16-30)37-38(45)32(39(37)46)25-36-41(4,5)33-24-28(14-18-34(33)44(36)22-11-8-3)35-19-17-31(49-35)23-29(26-42)40(47)48/h12-19,23-25H,6-11,20-22H2,1-5H3,(H-,45,46,47,48)/b29-23+. The van der Waals surface area contributed by atoms with Crippen molar-refractivity contribution < 1.29 is 24.4 Å². The predicted octanol–water partition coefficient (Wildman–Crippen LogP) is 8.27. The Hall–Kier alpha value is -4.74. The number of rotatable bonds is 15. The first-order chi connectivity index (χ1) is 23.5. The van der Waals surface area contributed by atoms with Crippen LogP contribution < -0.4 is 10.0 Å². The lowest BCUT2D eigenvalue weighted by Gasteiger charge is -2.31. The number of benzene rings is 2. The van der Waals surface area contributed by atoms with Gasteiger partial charge in [0.1, 0.15) is 18.2 Å². The molecule has 0 fully saturated rings. The second-order valence-corrected chi connectivity index (χ2v) is 14.4. The van der Waals surface area contributed by atoms with Crippen LogP contribution in [0.4, 0.5) is 11.4 Å². The van der Waals surface area contributed by atoms with Gasteiger partial charge in [-0.2, -0.15) is 9.84 Å². The Morgan fingerprint density at radius 2 is 1.63 bits per heavy atom. The van der Waals surface area contributed by atoms with Crippen molar-refractivity contribution in [2.24, 2.45) is 0 Å². The molecule has 5 rings (SSSR count). The number of nitrogens with zero attached hydrogens (tertiary/aromatic N) is 3. The van der Waals surface area contributed by atoms with Gasteiger partial charge in [0.25, 0.3) is 0 Å². The van der Waals surface area contributed by atoms with Crippen molar-refractivity contribution in [1.29, 1.82) is 5.26 Å². The topological polar surface area (TPSA) is 107 Å². The normalized spacial score (nSPS) is 16.2. The number of aliphatic carboxylic acids is 1. The number of thiophene rings is 1. The maximum Gasteiger partial charge on any atom is 0.346 e. The van der Waals surface area contributed by atoms with Crippen molar-refractivity contribution in [2.45, 2.75) is 78.6 Å². The molecule has 0 spiro atoms. The van der Waals surface area contributed by atoms with Gasteiger partial charge >= 0.3 is 5.97 Å². The molecule has 0 atom stereocenters. The number of fused-ring (bicyclic) bond motifs is 1. The highest BCUT2D eigenvalue weighted by atomic mass is 32.1. The van der Waals surface area contributed by atoms with Crippen molar-refractivity contribution in [3.63, 3.8) is 0 Å². The first-order valence-corrected chi connectivity index (χ1v) is 18.1. The minimum Gasteiger partial charge on any atom is -0.871 e. The highest BCUT2D eigenvalue weighted by molar-refractivity contribution is 7.16. The molecule has 254 valence electrons. The van der Waals surface area contributed by atoms with Crippen molar-refractivity contribution in [2.75, 3.05) is 24.5 Å². The van der Waals surface area contributed by atoms with Gasteiger partial charge in [-0.15, -0.1) is 11.3 Å². The molecule has 1 aliphatic heterocycles. The number of unbranched alkanes of at least 4 members (excludes halogenated alkanes) is 3. The average Bonchev–Trinajstić information content (AvgIpc) is 3.65. The second-order valence-electron chi connectivity index (χ2n) is 13.3. The molecule has 0 saturated carbocycles. The first-order valence-electron chi connectivity index (χ1n) is 17.3. The van der Waals surface area contributed by atoms with Crippen molar-refractivity contribution in [3.05, 3.63) is 93.6 Å². The summed E-state index contributed by atoms with van der Waals surface area (Å²) in [5.74, 6) is -1.67. The maximum absolute atomic E-state index is 13.6. The summed E-state index contributed by atoms with van der Waals surface area (Å²) in [6.45, 7) is 13.5. The zero-order valence-corrected chi connectivity index (χ0v) is 30.0. The third-order valence-corrected chi connectivity index (χ3v) is 10.6. The Balaban J connectivity index is 1.46. The molecule has 3 aromatic rings. The van der Waals surface area contributed by atoms with E-state index in [2.05, 4.69) is 56.2 Å². The molecule has 2 aromatic carbocycles. The van der Waals surface area contributed by atoms with Crippen LogP contribution in [-0.4, -0.2) is 46.8 Å². The summed E-state index contributed by atoms with van der Waals surface area (Å²) in [6, 6.07) is 19.7. The zero-order chi connectivity index (χ0) is 35.3. The third kappa shape index (κ3) is 7.18. The van der Waals surface area contributed by atoms with Gasteiger partial charge in [0, 0.05) is 63.8 Å². The molecule has 0 saturated heterocycles. The fraction of sp³-hybridized carbons (Fsp3) is 0.366. The fourth-order valence-corrected chi connectivity index (χ4v) is 7.51. The number of carboxylic acids is 1. The number of carboxylic acid groups (broad SMARTS) is 1. The summed E-state index contributed by atoms with van der Waals surface area (Å²) in [5.41, 5.74) is 5.54. The lowest BCUT2D eigenvalue weighted by Crippen LogP contribution is -2.33. The van der Waals surface area contributed by atoms with Gasteiger partial charge in [0.05, 0.1) is 5.41 Å². The van der Waals surface area contributed by atoms with Gasteiger partial charge in [-0.25, -0.2) is 4.79 Å². The van der Waals surface area contributed by atoms with E-state index in [1.54, 1.807) is 6.07 Å². The van der Waals surface area contributed by atoms with Gasteiger partial charge in [-0.3, -0.25) is 4.79 Å². The summed E-state index contributed by atoms with van der Waals surface area (Å²) in [4.78, 5) is 29.0. The molecule has 1 N–H and O–H groups in total. The predicted molar refractivity (Wildman–Crippen MR) is 197 cm³/mol. The number of nitriles is 1. The molecular formula is C41H45N3O4S. The summed E-state index contributed by atoms with van der Waals surface area (Å²) >= 11 is 1.42. The van der Waals surface area contributed by atoms with Crippen LogP contribution in [0.15, 0.2) is 77.6 Å². The number of allylic oxidation sites excluding steroid dienone is 3. The van der Waals surface area contributed by atoms with E-state index in [1.165, 1.54) is 17.4 Å². The minimum absolute atomic E-state index is 0.209. The average molecular weight is 676 g/mol. The number of hydrogen-bond acceptors (Lipinski definition) is 6. The number of carbonyl (C=O) groups is 2. The Morgan fingerprint density at radius 1 is 0.980 bits per heavy atom. The largest absolute Gasteiger partial charge is 0.871 e. The Bertz CT molecular complexity index is 1910. The highest BCUT2D eigenvalue weighted by Crippen LogP contribution is 2.45. The number of Topliss-reactive ketones (excluding diaryl/α,β-unsaturated/α-hetero) is 1. The second kappa shape index (κ2) is 15.2. The van der Waals surface area contributed by atoms with E-state index in [9.17, 15) is 25.1 Å². The smallest absolute Gasteiger partial charge is 0.346 e. The van der Waals surface area contributed by atoms with Crippen LogP contribution in [0, 0.1) is 11.3 Å². The van der Waals surface area contributed by atoms with Gasteiger partial charge < -0.3 is 15.1 Å². The minimum atomic E-state index is -1.25. The van der Waals surface area contributed by atoms with E-state index in [-0.39, 0.29) is 28.3 Å². The van der Waals surface area contributed by atoms with Crippen LogP contribution in [0.2, 0.25) is 0 Å². The quantitative estimate of drug-likeness (QED) is 0.0987. The van der Waals surface area contributed by atoms with E-state index < -0.39 is 11.4 Å². The molecular weight excluding hydrogens is 631 g/mol. The molecule has 1 aromatic heterocycles. The summed E-state index contributed by atoms with van der Waals surface area (Å²) in [7, 11) is 0. The van der Waals surface area contributed by atoms with Gasteiger partial charge in [0.2, 0.25) is 5.69 Å². The SMILES string of the molecule is CCCCN(CCCC)c1ccc(C2=C([O-])C(=CC3=[N+](CCCC)c4ccc(-c5ccc(/C=C(\C#N)C(=O)O)s5)cc4C3(C)C)C2=O)cc1. The first kappa shape index (κ1) is 35.6. The molecule has 0 unspecified atom stereocenters. The molecule has 2 aliphatic rings. The summed E-state index contributed by atoms with van der Waals surface area (Å²) < 4.78 is 2.25. The highest BCUT2D eigenvalue weighted by Gasteiger charge is 2.45. The van der Waals surface area contributed by atoms with Gasteiger partial charge in [-0.05, 0) is 80.3 Å². The Morgan fingerprint density at radius 3 is 2.22 bits per heavy atom. The molecule has 0 radical (unpaired) electrons. The van der Waals surface area contributed by atoms with E-state index in [4.69, 9.17) is 0 Å². The Labute approximate surface area is 293 Å². The van der Waals surface area contributed by atoms with E-state index in [0.717, 1.165) is 91.2 Å². The van der Waals surface area contributed by atoms with Crippen LogP contribution >= 0.6 is 11.3 Å². The third-order valence-electron chi connectivity index (χ3n) is 9.48. The lowest BCUT2D eigenvalue weighted by molar-refractivity contribution is -0.438. The summed E-state index contributed by atoms with van der Waals surface area (Å²) in [5, 5.41) is 32.0. The molecule has 0 bridgehead atoms. The molecule has 1 aliphatic carbocycles. The molecule has 49 heavy (non-hydrogen) atoms. The fourth-order valence-electron chi connectivity index (χ4n) is 6.57. The molecule has 0 amide bonds. The van der Waals surface area contributed by atoms with Crippen LogP contribution in [-0.2, 0) is 15.0 Å². The van der Waals surface area contributed by atoms with Crippen molar-refractivity contribution >= 4 is 51.8 Å². The van der Waals surface area contributed by atoms with E-state index in [0.29, 0.717) is 10.4 Å². The van der Waals surface area contributed by atoms with E-state index >= 15 is 0 Å². The monoisotopic (exact) mass is 675 g/mol. The van der Waals surface area contributed by atoms with Gasteiger partial charge in [-0.1, -0.05) is 57.9 Å². The van der Waals surface area contributed by atoms with Crippen LogP contribution in [0.25, 0.3) is 22.1 Å². The lowest BCUT2D eigenvalue weighted by atomic mass is 9.77. The number of anilines is 1. The van der Waals surface area contributed by atoms with Crippen molar-refractivity contribution in [1.82, 2.24) is 0 Å². The van der Waals surface area contributed by atoms with E-state index in [1.807, 2.05) is 48.5 Å². The number of hydrogen-bond donors (Lipinski definition) is 1. The zero-order valence-electron chi connectivity index (χ0n) is 29.1. The number of ketones is 1. The van der Waals surface area contributed by atoms with Crippen LogP contribution in [0.3, 0.4) is 0 Å². The summed E-state index contributed by atoms with van der Waals surface area (Å²) in [6.07, 6.45) is 9.66. The maximum atomic E-state index is 13.6. The Kier molecular flexibility index (Phi) is 11.0. The molecule has 7 nitrogen and oxygen atoms in total. The number of carbonyl (C=O) groups excluding carboxylic acids is 1. The molecule has 8 heteroatoms. The van der Waals surface area contributed by atoms with Crippen molar-refractivity contribution in [3.8, 4) is 16.5 Å².